The van der Waals surface area contributed by atoms with Crippen LogP contribution in [0.4, 0.5) is 0 Å². The van der Waals surface area contributed by atoms with Crippen LogP contribution in [0.15, 0.2) is 71.8 Å². The van der Waals surface area contributed by atoms with Crippen LogP contribution in [-0.2, 0) is 4.79 Å². The van der Waals surface area contributed by atoms with Gasteiger partial charge >= 0.3 is 0 Å². The number of ether oxygens (including phenoxy) is 1. The Labute approximate surface area is 153 Å². The van der Waals surface area contributed by atoms with Crippen molar-refractivity contribution in [2.24, 2.45) is 5.10 Å². The number of nitrogens with one attached hydrogen (secondary N) is 1. The molecule has 0 spiro atoms. The molecule has 0 aliphatic rings. The monoisotopic (exact) mass is 346 g/mol. The Bertz CT molecular complexity index is 930. The Morgan fingerprint density at radius 2 is 1.73 bits per heavy atom. The average molecular weight is 346 g/mol. The smallest absolute Gasteiger partial charge is 0.277 e. The molecular formula is C22H22N2O2. The normalized spacial score (nSPS) is 11.4. The summed E-state index contributed by atoms with van der Waals surface area (Å²) in [5, 5.41) is 6.46. The first kappa shape index (κ1) is 17.7. The Kier molecular flexibility index (Phi) is 5.64. The molecule has 0 saturated carbocycles. The van der Waals surface area contributed by atoms with Gasteiger partial charge in [-0.2, -0.15) is 5.10 Å². The number of hydrogen-bond donors (Lipinski definition) is 1. The molecule has 1 amide bonds. The van der Waals surface area contributed by atoms with Gasteiger partial charge in [0.05, 0.1) is 5.71 Å². The van der Waals surface area contributed by atoms with E-state index in [0.717, 1.165) is 28.5 Å². The number of rotatable bonds is 6. The number of aryl methyl sites for hydroxylation is 1. The summed E-state index contributed by atoms with van der Waals surface area (Å²) in [6.07, 6.45) is 0.731. The fraction of sp³-hybridized carbons (Fsp3) is 0.182. The molecule has 0 fully saturated rings. The van der Waals surface area contributed by atoms with E-state index in [1.807, 2.05) is 80.6 Å². The lowest BCUT2D eigenvalue weighted by Gasteiger charge is -2.08. The maximum absolute atomic E-state index is 12.0. The standard InChI is InChI=1S/C22H22N2O2/c1-3-21(18-10-8-16(2)9-11-18)23-24-22(25)15-26-20-13-12-17-6-4-5-7-19(17)14-20/h4-14H,3,15H2,1-2H3,(H,24,25)/b23-21+. The maximum atomic E-state index is 12.0. The predicted octanol–water partition coefficient (Wildman–Crippen LogP) is 4.46. The van der Waals surface area contributed by atoms with Crippen LogP contribution in [0.25, 0.3) is 10.8 Å². The van der Waals surface area contributed by atoms with Crippen molar-refractivity contribution in [2.75, 3.05) is 6.61 Å². The minimum absolute atomic E-state index is 0.0767. The van der Waals surface area contributed by atoms with E-state index < -0.39 is 0 Å². The number of carbonyl (C=O) groups is 1. The van der Waals surface area contributed by atoms with Crippen molar-refractivity contribution in [1.82, 2.24) is 5.43 Å². The molecule has 0 heterocycles. The van der Waals surface area contributed by atoms with Crippen LogP contribution in [0, 0.1) is 6.92 Å². The number of benzene rings is 3. The van der Waals surface area contributed by atoms with E-state index in [1.165, 1.54) is 5.56 Å². The zero-order valence-corrected chi connectivity index (χ0v) is 15.0. The number of fused-ring (bicyclic) bond motifs is 1. The summed E-state index contributed by atoms with van der Waals surface area (Å²) in [5.74, 6) is 0.383. The van der Waals surface area contributed by atoms with Gasteiger partial charge in [0.2, 0.25) is 0 Å². The van der Waals surface area contributed by atoms with Crippen LogP contribution in [0.5, 0.6) is 5.75 Å². The van der Waals surface area contributed by atoms with Crippen LogP contribution in [-0.4, -0.2) is 18.2 Å². The first-order chi connectivity index (χ1) is 12.7. The molecule has 3 aromatic carbocycles. The van der Waals surface area contributed by atoms with E-state index in [1.54, 1.807) is 0 Å². The summed E-state index contributed by atoms with van der Waals surface area (Å²) in [6.45, 7) is 3.97. The fourth-order valence-electron chi connectivity index (χ4n) is 2.66. The van der Waals surface area contributed by atoms with Crippen LogP contribution in [0.3, 0.4) is 0 Å². The lowest BCUT2D eigenvalue weighted by atomic mass is 10.1. The van der Waals surface area contributed by atoms with Crippen molar-refractivity contribution in [3.05, 3.63) is 77.9 Å². The van der Waals surface area contributed by atoms with E-state index in [4.69, 9.17) is 4.74 Å². The highest BCUT2D eigenvalue weighted by atomic mass is 16.5. The molecule has 0 bridgehead atoms. The zero-order chi connectivity index (χ0) is 18.4. The molecule has 3 aromatic rings. The van der Waals surface area contributed by atoms with Gasteiger partial charge < -0.3 is 4.74 Å². The molecule has 0 radical (unpaired) electrons. The lowest BCUT2D eigenvalue weighted by Crippen LogP contribution is -2.26. The third-order valence-corrected chi connectivity index (χ3v) is 4.13. The second-order valence-corrected chi connectivity index (χ2v) is 6.11. The second kappa shape index (κ2) is 8.30. The van der Waals surface area contributed by atoms with Crippen molar-refractivity contribution in [3.8, 4) is 5.75 Å². The second-order valence-electron chi connectivity index (χ2n) is 6.11. The molecule has 0 saturated heterocycles. The van der Waals surface area contributed by atoms with Gasteiger partial charge in [-0.15, -0.1) is 0 Å². The van der Waals surface area contributed by atoms with Crippen molar-refractivity contribution in [2.45, 2.75) is 20.3 Å². The Balaban J connectivity index is 1.59. The van der Waals surface area contributed by atoms with Gasteiger partial charge in [0.15, 0.2) is 6.61 Å². The molecular weight excluding hydrogens is 324 g/mol. The van der Waals surface area contributed by atoms with E-state index in [9.17, 15) is 4.79 Å². The van der Waals surface area contributed by atoms with E-state index in [-0.39, 0.29) is 12.5 Å². The summed E-state index contributed by atoms with van der Waals surface area (Å²) >= 11 is 0. The molecule has 4 heteroatoms. The van der Waals surface area contributed by atoms with Crippen LogP contribution in [0.2, 0.25) is 0 Å². The molecule has 132 valence electrons. The lowest BCUT2D eigenvalue weighted by molar-refractivity contribution is -0.123. The number of hydrazone groups is 1. The average Bonchev–Trinajstić information content (AvgIpc) is 2.68. The Hall–Kier alpha value is -3.14. The third-order valence-electron chi connectivity index (χ3n) is 4.13. The first-order valence-corrected chi connectivity index (χ1v) is 8.70. The van der Waals surface area contributed by atoms with E-state index in [0.29, 0.717) is 5.75 Å². The number of hydrogen-bond acceptors (Lipinski definition) is 3. The molecule has 3 rings (SSSR count). The first-order valence-electron chi connectivity index (χ1n) is 8.70. The Morgan fingerprint density at radius 3 is 2.46 bits per heavy atom. The van der Waals surface area contributed by atoms with Crippen molar-refractivity contribution >= 4 is 22.4 Å². The molecule has 0 aromatic heterocycles. The number of amides is 1. The van der Waals surface area contributed by atoms with E-state index in [2.05, 4.69) is 10.5 Å². The molecule has 0 atom stereocenters. The molecule has 0 unspecified atom stereocenters. The van der Waals surface area contributed by atoms with Gasteiger partial charge in [-0.05, 0) is 41.8 Å². The Morgan fingerprint density at radius 1 is 1.00 bits per heavy atom. The van der Waals surface area contributed by atoms with Gasteiger partial charge in [-0.1, -0.05) is 67.1 Å². The highest BCUT2D eigenvalue weighted by molar-refractivity contribution is 6.01. The largest absolute Gasteiger partial charge is 0.484 e. The van der Waals surface area contributed by atoms with Crippen LogP contribution in [0.1, 0.15) is 24.5 Å². The predicted molar refractivity (Wildman–Crippen MR) is 106 cm³/mol. The van der Waals surface area contributed by atoms with Crippen molar-refractivity contribution in [1.29, 1.82) is 0 Å². The maximum Gasteiger partial charge on any atom is 0.277 e. The summed E-state index contributed by atoms with van der Waals surface area (Å²) in [7, 11) is 0. The minimum Gasteiger partial charge on any atom is -0.484 e. The third kappa shape index (κ3) is 4.48. The van der Waals surface area contributed by atoms with Gasteiger partial charge in [-0.25, -0.2) is 5.43 Å². The molecule has 0 aliphatic heterocycles. The summed E-state index contributed by atoms with van der Waals surface area (Å²) in [6, 6.07) is 21.9. The molecule has 4 nitrogen and oxygen atoms in total. The van der Waals surface area contributed by atoms with Gasteiger partial charge in [0.1, 0.15) is 5.75 Å². The molecule has 1 N–H and O–H groups in total. The minimum atomic E-state index is -0.281. The topological polar surface area (TPSA) is 50.7 Å². The van der Waals surface area contributed by atoms with E-state index >= 15 is 0 Å². The highest BCUT2D eigenvalue weighted by Gasteiger charge is 2.05. The van der Waals surface area contributed by atoms with Crippen molar-refractivity contribution in [3.63, 3.8) is 0 Å². The number of carbonyl (C=O) groups excluding carboxylic acids is 1. The van der Waals surface area contributed by atoms with Gasteiger partial charge in [-0.3, -0.25) is 4.79 Å². The SMILES string of the molecule is CC/C(=N\NC(=O)COc1ccc2ccccc2c1)c1ccc(C)cc1. The van der Waals surface area contributed by atoms with Crippen LogP contribution >= 0.6 is 0 Å². The molecule has 0 aliphatic carbocycles. The fourth-order valence-corrected chi connectivity index (χ4v) is 2.66. The summed E-state index contributed by atoms with van der Waals surface area (Å²) in [5.41, 5.74) is 5.62. The quantitative estimate of drug-likeness (QED) is 0.529. The summed E-state index contributed by atoms with van der Waals surface area (Å²) < 4.78 is 5.58. The van der Waals surface area contributed by atoms with Gasteiger partial charge in [0, 0.05) is 0 Å². The summed E-state index contributed by atoms with van der Waals surface area (Å²) in [4.78, 5) is 12.0. The van der Waals surface area contributed by atoms with Crippen molar-refractivity contribution < 1.29 is 9.53 Å². The van der Waals surface area contributed by atoms with Gasteiger partial charge in [0.25, 0.3) is 5.91 Å². The highest BCUT2D eigenvalue weighted by Crippen LogP contribution is 2.20. The molecule has 26 heavy (non-hydrogen) atoms. The van der Waals surface area contributed by atoms with Crippen LogP contribution < -0.4 is 10.2 Å². The number of nitrogens with zero attached hydrogens (tertiary/aromatic N) is 1. The zero-order valence-electron chi connectivity index (χ0n) is 15.0.